The zero-order chi connectivity index (χ0) is 17.3. The Balaban J connectivity index is 1.78. The molecule has 1 aromatic rings. The van der Waals surface area contributed by atoms with Gasteiger partial charge in [-0.3, -0.25) is 14.5 Å². The maximum Gasteiger partial charge on any atom is 0.324 e. The van der Waals surface area contributed by atoms with E-state index in [1.807, 2.05) is 0 Å². The lowest BCUT2D eigenvalue weighted by Crippen LogP contribution is -2.42. The molecule has 2 aliphatic rings. The van der Waals surface area contributed by atoms with Gasteiger partial charge in [-0.15, -0.1) is 0 Å². The van der Waals surface area contributed by atoms with E-state index in [1.54, 1.807) is 23.1 Å². The quantitative estimate of drug-likeness (QED) is 0.809. The fourth-order valence-corrected chi connectivity index (χ4v) is 3.17. The lowest BCUT2D eigenvalue weighted by atomic mass is 10.1. The van der Waals surface area contributed by atoms with Crippen LogP contribution < -0.4 is 14.8 Å². The number of ether oxygens (including phenoxy) is 2. The molecule has 3 rings (SSSR count). The van der Waals surface area contributed by atoms with Crippen molar-refractivity contribution in [1.82, 2.24) is 15.1 Å². The summed E-state index contributed by atoms with van der Waals surface area (Å²) < 4.78 is 10.5. The van der Waals surface area contributed by atoms with Crippen LogP contribution in [0.2, 0.25) is 0 Å². The lowest BCUT2D eigenvalue weighted by Gasteiger charge is -2.22. The standard InChI is InChI=1S/C16H19N3O5/c1-23-12-5-3-4-11(14(12)24-2)15(21)18-7-6-10(9-18)19-13(20)8-17-16(19)22/h3-5,10H,6-9H2,1-2H3,(H,17,22). The van der Waals surface area contributed by atoms with E-state index in [4.69, 9.17) is 9.47 Å². The number of methoxy groups -OCH3 is 2. The summed E-state index contributed by atoms with van der Waals surface area (Å²) >= 11 is 0. The zero-order valence-electron chi connectivity index (χ0n) is 13.6. The number of likely N-dealkylation sites (tertiary alicyclic amines) is 1. The molecule has 2 saturated heterocycles. The number of para-hydroxylation sites is 1. The maximum atomic E-state index is 12.8. The second kappa shape index (κ2) is 6.38. The number of benzene rings is 1. The summed E-state index contributed by atoms with van der Waals surface area (Å²) in [5.74, 6) is 0.398. The van der Waals surface area contributed by atoms with E-state index in [2.05, 4.69) is 5.32 Å². The largest absolute Gasteiger partial charge is 0.493 e. The van der Waals surface area contributed by atoms with Gasteiger partial charge in [-0.05, 0) is 18.6 Å². The van der Waals surface area contributed by atoms with Crippen molar-refractivity contribution in [2.24, 2.45) is 0 Å². The molecule has 0 saturated carbocycles. The third-order valence-corrected chi connectivity index (χ3v) is 4.33. The molecule has 2 aliphatic heterocycles. The number of nitrogens with zero attached hydrogens (tertiary/aromatic N) is 2. The first-order chi connectivity index (χ1) is 11.6. The van der Waals surface area contributed by atoms with Crippen LogP contribution in [0.1, 0.15) is 16.8 Å². The number of urea groups is 1. The van der Waals surface area contributed by atoms with Crippen LogP contribution in [0, 0.1) is 0 Å². The Morgan fingerprint density at radius 2 is 2.04 bits per heavy atom. The van der Waals surface area contributed by atoms with Crippen LogP contribution in [0.25, 0.3) is 0 Å². The Morgan fingerprint density at radius 3 is 2.67 bits per heavy atom. The van der Waals surface area contributed by atoms with Gasteiger partial charge >= 0.3 is 6.03 Å². The Morgan fingerprint density at radius 1 is 1.25 bits per heavy atom. The number of hydrogen-bond donors (Lipinski definition) is 1. The molecule has 0 aliphatic carbocycles. The molecule has 1 aromatic carbocycles. The highest BCUT2D eigenvalue weighted by molar-refractivity contribution is 6.02. The highest BCUT2D eigenvalue weighted by atomic mass is 16.5. The van der Waals surface area contributed by atoms with Crippen molar-refractivity contribution in [2.45, 2.75) is 12.5 Å². The predicted octanol–water partition coefficient (Wildman–Crippen LogP) is 0.470. The van der Waals surface area contributed by atoms with E-state index >= 15 is 0 Å². The summed E-state index contributed by atoms with van der Waals surface area (Å²) in [6, 6.07) is 4.43. The topological polar surface area (TPSA) is 88.2 Å². The average molecular weight is 333 g/mol. The van der Waals surface area contributed by atoms with Gasteiger partial charge < -0.3 is 19.7 Å². The molecule has 1 unspecified atom stereocenters. The number of carbonyl (C=O) groups is 3. The van der Waals surface area contributed by atoms with E-state index in [-0.39, 0.29) is 24.4 Å². The van der Waals surface area contributed by atoms with Crippen molar-refractivity contribution < 1.29 is 23.9 Å². The molecule has 0 bridgehead atoms. The SMILES string of the molecule is COc1cccc(C(=O)N2CCC(N3C(=O)CNC3=O)C2)c1OC. The van der Waals surface area contributed by atoms with E-state index in [0.29, 0.717) is 36.6 Å². The molecule has 2 heterocycles. The van der Waals surface area contributed by atoms with Gasteiger partial charge in [0.05, 0.1) is 32.4 Å². The molecular formula is C16H19N3O5. The van der Waals surface area contributed by atoms with Gasteiger partial charge in [-0.1, -0.05) is 6.07 Å². The second-order valence-electron chi connectivity index (χ2n) is 5.66. The van der Waals surface area contributed by atoms with Crippen LogP contribution in [-0.4, -0.2) is 67.5 Å². The summed E-state index contributed by atoms with van der Waals surface area (Å²) in [5, 5.41) is 2.50. The first-order valence-electron chi connectivity index (χ1n) is 7.67. The van der Waals surface area contributed by atoms with Crippen molar-refractivity contribution in [3.05, 3.63) is 23.8 Å². The number of carbonyl (C=O) groups excluding carboxylic acids is 3. The predicted molar refractivity (Wildman–Crippen MR) is 84.1 cm³/mol. The first kappa shape index (κ1) is 16.1. The van der Waals surface area contributed by atoms with Gasteiger partial charge in [-0.25, -0.2) is 4.79 Å². The Bertz CT molecular complexity index is 674. The third kappa shape index (κ3) is 2.64. The van der Waals surface area contributed by atoms with Gasteiger partial charge in [0.15, 0.2) is 11.5 Å². The van der Waals surface area contributed by atoms with Crippen LogP contribution in [0.3, 0.4) is 0 Å². The molecular weight excluding hydrogens is 314 g/mol. The van der Waals surface area contributed by atoms with Crippen molar-refractivity contribution in [1.29, 1.82) is 0 Å². The molecule has 24 heavy (non-hydrogen) atoms. The van der Waals surface area contributed by atoms with E-state index in [1.165, 1.54) is 19.1 Å². The summed E-state index contributed by atoms with van der Waals surface area (Å²) in [6.07, 6.45) is 0.567. The molecule has 0 aromatic heterocycles. The number of imide groups is 1. The van der Waals surface area contributed by atoms with Crippen LogP contribution in [0.4, 0.5) is 4.79 Å². The minimum absolute atomic E-state index is 0.0208. The van der Waals surface area contributed by atoms with Gasteiger partial charge in [0, 0.05) is 13.1 Å². The number of hydrogen-bond acceptors (Lipinski definition) is 5. The Labute approximate surface area is 139 Å². The van der Waals surface area contributed by atoms with E-state index < -0.39 is 6.03 Å². The van der Waals surface area contributed by atoms with Crippen LogP contribution in [0.15, 0.2) is 18.2 Å². The zero-order valence-corrected chi connectivity index (χ0v) is 13.6. The number of amides is 4. The summed E-state index contributed by atoms with van der Waals surface area (Å²) in [5.41, 5.74) is 0.398. The van der Waals surface area contributed by atoms with E-state index in [0.717, 1.165) is 0 Å². The minimum Gasteiger partial charge on any atom is -0.493 e. The molecule has 2 fully saturated rings. The third-order valence-electron chi connectivity index (χ3n) is 4.33. The van der Waals surface area contributed by atoms with Crippen molar-refractivity contribution in [3.63, 3.8) is 0 Å². The molecule has 128 valence electrons. The van der Waals surface area contributed by atoms with Crippen molar-refractivity contribution in [3.8, 4) is 11.5 Å². The molecule has 4 amide bonds. The summed E-state index contributed by atoms with van der Waals surface area (Å²) in [7, 11) is 2.99. The van der Waals surface area contributed by atoms with Gasteiger partial charge in [0.1, 0.15) is 0 Å². The smallest absolute Gasteiger partial charge is 0.324 e. The van der Waals surface area contributed by atoms with Gasteiger partial charge in [0.25, 0.3) is 5.91 Å². The number of nitrogens with one attached hydrogen (secondary N) is 1. The molecule has 8 nitrogen and oxygen atoms in total. The van der Waals surface area contributed by atoms with Crippen molar-refractivity contribution >= 4 is 17.8 Å². The van der Waals surface area contributed by atoms with Crippen LogP contribution in [-0.2, 0) is 4.79 Å². The summed E-state index contributed by atoms with van der Waals surface area (Å²) in [4.78, 5) is 39.2. The van der Waals surface area contributed by atoms with Gasteiger partial charge in [0.2, 0.25) is 5.91 Å². The van der Waals surface area contributed by atoms with Crippen LogP contribution in [0.5, 0.6) is 11.5 Å². The fourth-order valence-electron chi connectivity index (χ4n) is 3.17. The lowest BCUT2D eigenvalue weighted by molar-refractivity contribution is -0.126. The highest BCUT2D eigenvalue weighted by Crippen LogP contribution is 2.32. The molecule has 0 spiro atoms. The van der Waals surface area contributed by atoms with Crippen molar-refractivity contribution in [2.75, 3.05) is 33.9 Å². The maximum absolute atomic E-state index is 12.8. The first-order valence-corrected chi connectivity index (χ1v) is 7.67. The van der Waals surface area contributed by atoms with Gasteiger partial charge in [-0.2, -0.15) is 0 Å². The molecule has 8 heteroatoms. The number of rotatable bonds is 4. The fraction of sp³-hybridized carbons (Fsp3) is 0.438. The average Bonchev–Trinajstić information content (AvgIpc) is 3.19. The second-order valence-corrected chi connectivity index (χ2v) is 5.66. The Hall–Kier alpha value is -2.77. The normalized spacial score (nSPS) is 20.3. The summed E-state index contributed by atoms with van der Waals surface area (Å²) in [6.45, 7) is 0.812. The molecule has 1 N–H and O–H groups in total. The van der Waals surface area contributed by atoms with Crippen LogP contribution >= 0.6 is 0 Å². The highest BCUT2D eigenvalue weighted by Gasteiger charge is 2.40. The van der Waals surface area contributed by atoms with E-state index in [9.17, 15) is 14.4 Å². The minimum atomic E-state index is -0.391. The molecule has 1 atom stereocenters. The Kier molecular flexibility index (Phi) is 4.28. The molecule has 0 radical (unpaired) electrons. The monoisotopic (exact) mass is 333 g/mol.